The van der Waals surface area contributed by atoms with E-state index in [1.807, 2.05) is 30.3 Å². The third-order valence-electron chi connectivity index (χ3n) is 8.72. The molecule has 1 saturated heterocycles. The maximum Gasteiger partial charge on any atom is 0.410 e. The van der Waals surface area contributed by atoms with E-state index in [1.54, 1.807) is 42.3 Å². The number of pyridine rings is 1. The van der Waals surface area contributed by atoms with E-state index in [0.29, 0.717) is 48.2 Å². The average Bonchev–Trinajstić information content (AvgIpc) is 3.12. The molecule has 3 aromatic carbocycles. The van der Waals surface area contributed by atoms with Gasteiger partial charge >= 0.3 is 6.09 Å². The summed E-state index contributed by atoms with van der Waals surface area (Å²) in [5.74, 6) is -4.00. The average molecular weight is 749 g/mol. The molecule has 0 saturated carbocycles. The first-order chi connectivity index (χ1) is 25.2. The van der Waals surface area contributed by atoms with Crippen molar-refractivity contribution in [1.29, 1.82) is 0 Å². The van der Waals surface area contributed by atoms with Gasteiger partial charge in [-0.05, 0) is 67.6 Å². The lowest BCUT2D eigenvalue weighted by atomic mass is 9.96. The Labute approximate surface area is 305 Å². The lowest BCUT2D eigenvalue weighted by Crippen LogP contribution is -2.48. The van der Waals surface area contributed by atoms with Crippen molar-refractivity contribution in [3.63, 3.8) is 0 Å². The summed E-state index contributed by atoms with van der Waals surface area (Å²) in [6.07, 6.45) is 2.60. The fourth-order valence-corrected chi connectivity index (χ4v) is 7.41. The zero-order valence-electron chi connectivity index (χ0n) is 29.4. The van der Waals surface area contributed by atoms with Crippen molar-refractivity contribution < 1.29 is 35.9 Å². The number of likely N-dealkylation sites (tertiary alicyclic amines) is 1. The number of amides is 1. The van der Waals surface area contributed by atoms with Crippen LogP contribution in [0.1, 0.15) is 37.8 Å². The number of rotatable bonds is 12. The first kappa shape index (κ1) is 37.3. The van der Waals surface area contributed by atoms with Gasteiger partial charge in [0.25, 0.3) is 0 Å². The molecule has 53 heavy (non-hydrogen) atoms. The van der Waals surface area contributed by atoms with Crippen LogP contribution in [-0.2, 0) is 21.4 Å². The third kappa shape index (κ3) is 9.52. The number of aryl methyl sites for hydroxylation is 1. The highest BCUT2D eigenvalue weighted by Crippen LogP contribution is 2.40. The highest BCUT2D eigenvalue weighted by atomic mass is 32.2. The number of benzene rings is 3. The summed E-state index contributed by atoms with van der Waals surface area (Å²) in [7, 11) is -4.31. The van der Waals surface area contributed by atoms with Gasteiger partial charge in [-0.2, -0.15) is 0 Å². The Morgan fingerprint density at radius 3 is 2.53 bits per heavy atom. The quantitative estimate of drug-likeness (QED) is 0.130. The van der Waals surface area contributed by atoms with Crippen molar-refractivity contribution in [3.05, 3.63) is 102 Å². The Hall–Kier alpha value is -5.44. The Balaban J connectivity index is 1.21. The van der Waals surface area contributed by atoms with Gasteiger partial charge in [-0.1, -0.05) is 49.4 Å². The van der Waals surface area contributed by atoms with E-state index in [0.717, 1.165) is 18.1 Å². The molecule has 278 valence electrons. The van der Waals surface area contributed by atoms with Gasteiger partial charge < -0.3 is 19.7 Å². The zero-order valence-corrected chi connectivity index (χ0v) is 30.2. The van der Waals surface area contributed by atoms with Crippen LogP contribution in [0.3, 0.4) is 0 Å². The number of anilines is 2. The van der Waals surface area contributed by atoms with Crippen LogP contribution in [0.15, 0.2) is 85.2 Å². The Morgan fingerprint density at radius 1 is 0.981 bits per heavy atom. The summed E-state index contributed by atoms with van der Waals surface area (Å²) < 4.78 is 81.4. The fraction of sp³-hybridized carbons (Fsp3) is 0.316. The molecule has 6 rings (SSSR count). The number of aromatic nitrogens is 3. The molecule has 5 aromatic rings. The molecule has 11 nitrogen and oxygen atoms in total. The molecule has 0 radical (unpaired) electrons. The van der Waals surface area contributed by atoms with Crippen LogP contribution in [0.2, 0.25) is 0 Å². The molecular formula is C38H39F3N6O5S. The first-order valence-electron chi connectivity index (χ1n) is 17.0. The summed E-state index contributed by atoms with van der Waals surface area (Å²) >= 11 is 0. The molecule has 3 heterocycles. The molecule has 2 atom stereocenters. The number of fused-ring (bicyclic) bond motifs is 1. The van der Waals surface area contributed by atoms with Gasteiger partial charge in [0.05, 0.1) is 22.7 Å². The Bertz CT molecular complexity index is 2200. The van der Waals surface area contributed by atoms with Gasteiger partial charge in [0, 0.05) is 48.7 Å². The summed E-state index contributed by atoms with van der Waals surface area (Å²) in [6.45, 7) is 5.60. The molecule has 0 aliphatic carbocycles. The minimum absolute atomic E-state index is 0.147. The van der Waals surface area contributed by atoms with Gasteiger partial charge in [0.2, 0.25) is 27.8 Å². The highest BCUT2D eigenvalue weighted by Gasteiger charge is 2.30. The van der Waals surface area contributed by atoms with Crippen molar-refractivity contribution in [3.8, 4) is 22.9 Å². The Kier molecular flexibility index (Phi) is 11.0. The number of nitrogens with zero attached hydrogens (tertiary/aromatic N) is 4. The summed E-state index contributed by atoms with van der Waals surface area (Å²) in [6, 6.07) is 20.2. The third-order valence-corrected chi connectivity index (χ3v) is 9.98. The van der Waals surface area contributed by atoms with Gasteiger partial charge in [0.1, 0.15) is 18.2 Å². The Morgan fingerprint density at radius 2 is 1.75 bits per heavy atom. The molecule has 0 unspecified atom stereocenters. The maximum atomic E-state index is 15.1. The van der Waals surface area contributed by atoms with Crippen molar-refractivity contribution >= 4 is 38.5 Å². The van der Waals surface area contributed by atoms with Crippen molar-refractivity contribution in [2.75, 3.05) is 28.9 Å². The largest absolute Gasteiger partial charge is 0.445 e. The molecule has 2 N–H and O–H groups in total. The van der Waals surface area contributed by atoms with E-state index in [4.69, 9.17) is 14.5 Å². The number of nitrogens with one attached hydrogen (secondary N) is 2. The fourth-order valence-electron chi connectivity index (χ4n) is 6.16. The molecular weight excluding hydrogens is 710 g/mol. The van der Waals surface area contributed by atoms with Gasteiger partial charge in [0.15, 0.2) is 0 Å². The normalized spacial score (nSPS) is 16.3. The number of carbonyl (C=O) groups excluding carboxylic acids is 1. The molecule has 1 aliphatic rings. The summed E-state index contributed by atoms with van der Waals surface area (Å²) in [4.78, 5) is 28.2. The second-order valence-corrected chi connectivity index (χ2v) is 15.2. The first-order valence-corrected chi connectivity index (χ1v) is 18.7. The standard InChI is InChI=1S/C38H39F3N6O5S/c1-24-20-27(22-47(21-24)37(48)51-23-26-8-5-4-6-9-26)44-36-43-18-15-32(45-36)30-10-7-17-42-35(30)52-34-25(2)11-12-28-29(34)13-14-31(39)33(28)46-53(49,50)19-16-38(3,40)41/h4-15,17-18,24,27,46H,16,19-23H2,1-3H3,(H,43,44,45)/t24-,27+/m1/s1. The summed E-state index contributed by atoms with van der Waals surface area (Å²) in [5.41, 5.74) is 2.17. The lowest BCUT2D eigenvalue weighted by Gasteiger charge is -2.36. The van der Waals surface area contributed by atoms with Gasteiger partial charge in [-0.3, -0.25) is 4.72 Å². The molecule has 2 aromatic heterocycles. The number of ether oxygens (including phenoxy) is 2. The van der Waals surface area contributed by atoms with Crippen molar-refractivity contribution in [2.24, 2.45) is 5.92 Å². The number of sulfonamides is 1. The topological polar surface area (TPSA) is 136 Å². The van der Waals surface area contributed by atoms with E-state index >= 15 is 4.39 Å². The van der Waals surface area contributed by atoms with E-state index in [9.17, 15) is 22.0 Å². The SMILES string of the molecule is Cc1ccc2c(NS(=O)(=O)CCC(C)(F)F)c(F)ccc2c1Oc1ncccc1-c1ccnc(N[C@H]2C[C@@H](C)CN(C(=O)OCc3ccccc3)C2)n1. The summed E-state index contributed by atoms with van der Waals surface area (Å²) in [5, 5.41) is 3.90. The molecule has 0 spiro atoms. The van der Waals surface area contributed by atoms with Crippen LogP contribution in [0.4, 0.5) is 29.6 Å². The second-order valence-electron chi connectivity index (χ2n) is 13.3. The second kappa shape index (κ2) is 15.7. The van der Waals surface area contributed by atoms with E-state index in [2.05, 4.69) is 26.9 Å². The van der Waals surface area contributed by atoms with Crippen LogP contribution in [0.5, 0.6) is 11.6 Å². The highest BCUT2D eigenvalue weighted by molar-refractivity contribution is 7.92. The smallest absolute Gasteiger partial charge is 0.410 e. The van der Waals surface area contributed by atoms with E-state index in [1.165, 1.54) is 18.3 Å². The predicted molar refractivity (Wildman–Crippen MR) is 196 cm³/mol. The molecule has 0 bridgehead atoms. The number of hydrogen-bond donors (Lipinski definition) is 2. The number of carbonyl (C=O) groups is 1. The van der Waals surface area contributed by atoms with Crippen LogP contribution in [0.25, 0.3) is 22.0 Å². The molecule has 15 heteroatoms. The number of piperidine rings is 1. The number of halogens is 3. The van der Waals surface area contributed by atoms with E-state index in [-0.39, 0.29) is 41.3 Å². The minimum atomic E-state index is -4.31. The van der Waals surface area contributed by atoms with Crippen LogP contribution < -0.4 is 14.8 Å². The number of hydrogen-bond acceptors (Lipinski definition) is 9. The van der Waals surface area contributed by atoms with E-state index < -0.39 is 40.0 Å². The maximum absolute atomic E-state index is 15.1. The van der Waals surface area contributed by atoms with Gasteiger partial charge in [-0.15, -0.1) is 0 Å². The predicted octanol–water partition coefficient (Wildman–Crippen LogP) is 8.18. The van der Waals surface area contributed by atoms with Crippen molar-refractivity contribution in [1.82, 2.24) is 19.9 Å². The van der Waals surface area contributed by atoms with Crippen LogP contribution in [-0.4, -0.2) is 65.2 Å². The molecule has 1 amide bonds. The van der Waals surface area contributed by atoms with Crippen LogP contribution >= 0.6 is 0 Å². The molecule has 1 aliphatic heterocycles. The minimum Gasteiger partial charge on any atom is -0.445 e. The zero-order chi connectivity index (χ0) is 37.8. The molecule has 1 fully saturated rings. The van der Waals surface area contributed by atoms with Crippen LogP contribution in [0, 0.1) is 18.7 Å². The number of alkyl halides is 2. The van der Waals surface area contributed by atoms with Gasteiger partial charge in [-0.25, -0.2) is 41.3 Å². The van der Waals surface area contributed by atoms with Crippen molar-refractivity contribution in [2.45, 2.75) is 52.2 Å². The monoisotopic (exact) mass is 748 g/mol. The lowest BCUT2D eigenvalue weighted by molar-refractivity contribution is 0.0189.